The number of anilines is 1. The van der Waals surface area contributed by atoms with Crippen LogP contribution in [-0.2, 0) is 12.8 Å². The summed E-state index contributed by atoms with van der Waals surface area (Å²) in [6.07, 6.45) is 12.8. The van der Waals surface area contributed by atoms with Gasteiger partial charge in [0.1, 0.15) is 12.1 Å². The van der Waals surface area contributed by atoms with Crippen molar-refractivity contribution in [3.63, 3.8) is 0 Å². The molecule has 116 valence electrons. The molecule has 0 N–H and O–H groups in total. The Morgan fingerprint density at radius 2 is 2.05 bits per heavy atom. The van der Waals surface area contributed by atoms with Gasteiger partial charge in [-0.3, -0.25) is 4.68 Å². The molecule has 1 fully saturated rings. The van der Waals surface area contributed by atoms with E-state index in [-0.39, 0.29) is 0 Å². The number of hydrogen-bond donors (Lipinski definition) is 0. The van der Waals surface area contributed by atoms with Crippen molar-refractivity contribution in [1.29, 1.82) is 0 Å². The fourth-order valence-electron chi connectivity index (χ4n) is 3.62. The molecule has 5 nitrogen and oxygen atoms in total. The minimum atomic E-state index is 0.433. The van der Waals surface area contributed by atoms with Crippen LogP contribution in [0.5, 0.6) is 0 Å². The zero-order valence-corrected chi connectivity index (χ0v) is 14.2. The predicted molar refractivity (Wildman–Crippen MR) is 89.1 cm³/mol. The quantitative estimate of drug-likeness (QED) is 0.770. The average molecular weight is 362 g/mol. The van der Waals surface area contributed by atoms with E-state index < -0.39 is 0 Å². The lowest BCUT2D eigenvalue weighted by molar-refractivity contribution is 0.494. The van der Waals surface area contributed by atoms with Crippen LogP contribution in [0.15, 0.2) is 23.2 Å². The van der Waals surface area contributed by atoms with Crippen LogP contribution in [0.3, 0.4) is 0 Å². The molecule has 0 bridgehead atoms. The van der Waals surface area contributed by atoms with Crippen LogP contribution in [0.2, 0.25) is 0 Å². The summed E-state index contributed by atoms with van der Waals surface area (Å²) >= 11 is 3.48. The number of aryl methyl sites for hydroxylation is 1. The van der Waals surface area contributed by atoms with Crippen LogP contribution < -0.4 is 4.90 Å². The molecule has 0 amide bonds. The molecule has 1 aliphatic carbocycles. The van der Waals surface area contributed by atoms with E-state index in [1.807, 2.05) is 6.20 Å². The highest BCUT2D eigenvalue weighted by molar-refractivity contribution is 9.10. The fourth-order valence-corrected chi connectivity index (χ4v) is 3.92. The second-order valence-electron chi connectivity index (χ2n) is 6.21. The Balaban J connectivity index is 1.58. The molecular formula is C16H20BrN5. The molecule has 6 heteroatoms. The van der Waals surface area contributed by atoms with E-state index in [1.165, 1.54) is 36.3 Å². The molecule has 0 spiro atoms. The number of hydrogen-bond acceptors (Lipinski definition) is 4. The SMILES string of the molecule is Brc1cnn(C2CCN(c3ncnc4c3CCCCC4)C2)c1. The van der Waals surface area contributed by atoms with Gasteiger partial charge < -0.3 is 4.90 Å². The Morgan fingerprint density at radius 1 is 1.14 bits per heavy atom. The average Bonchev–Trinajstić information content (AvgIpc) is 3.10. The summed E-state index contributed by atoms with van der Waals surface area (Å²) in [6.45, 7) is 2.03. The van der Waals surface area contributed by atoms with E-state index in [0.717, 1.165) is 36.8 Å². The molecule has 0 saturated carbocycles. The topological polar surface area (TPSA) is 46.8 Å². The highest BCUT2D eigenvalue weighted by Crippen LogP contribution is 2.31. The number of nitrogens with zero attached hydrogens (tertiary/aromatic N) is 5. The minimum Gasteiger partial charge on any atom is -0.354 e. The second kappa shape index (κ2) is 5.99. The molecule has 22 heavy (non-hydrogen) atoms. The maximum absolute atomic E-state index is 4.62. The lowest BCUT2D eigenvalue weighted by atomic mass is 10.1. The molecule has 3 heterocycles. The molecule has 0 radical (unpaired) electrons. The standard InChI is InChI=1S/C16H20BrN5/c17-12-8-20-22(9-12)13-6-7-21(10-13)16-14-4-2-1-3-5-15(14)18-11-19-16/h8-9,11,13H,1-7,10H2. The van der Waals surface area contributed by atoms with Crippen molar-refractivity contribution in [2.75, 3.05) is 18.0 Å². The zero-order valence-electron chi connectivity index (χ0n) is 12.6. The summed E-state index contributed by atoms with van der Waals surface area (Å²) in [7, 11) is 0. The Labute approximate surface area is 138 Å². The Kier molecular flexibility index (Phi) is 3.86. The monoisotopic (exact) mass is 361 g/mol. The normalized spacial score (nSPS) is 21.7. The van der Waals surface area contributed by atoms with Gasteiger partial charge in [0, 0.05) is 30.5 Å². The molecule has 1 atom stereocenters. The van der Waals surface area contributed by atoms with Gasteiger partial charge in [0.25, 0.3) is 0 Å². The molecule has 2 aromatic heterocycles. The number of halogens is 1. The van der Waals surface area contributed by atoms with Gasteiger partial charge in [-0.05, 0) is 48.0 Å². The lowest BCUT2D eigenvalue weighted by Gasteiger charge is -2.21. The van der Waals surface area contributed by atoms with Crippen molar-refractivity contribution in [2.24, 2.45) is 0 Å². The largest absolute Gasteiger partial charge is 0.354 e. The van der Waals surface area contributed by atoms with Crippen LogP contribution in [0.1, 0.15) is 43.0 Å². The zero-order chi connectivity index (χ0) is 14.9. The maximum Gasteiger partial charge on any atom is 0.135 e. The van der Waals surface area contributed by atoms with Crippen molar-refractivity contribution in [3.05, 3.63) is 34.5 Å². The van der Waals surface area contributed by atoms with Gasteiger partial charge in [0.05, 0.1) is 16.7 Å². The molecule has 1 aliphatic heterocycles. The summed E-state index contributed by atoms with van der Waals surface area (Å²) < 4.78 is 3.12. The third kappa shape index (κ3) is 2.64. The van der Waals surface area contributed by atoms with Crippen LogP contribution in [0.25, 0.3) is 0 Å². The molecule has 0 aromatic carbocycles. The van der Waals surface area contributed by atoms with E-state index in [9.17, 15) is 0 Å². The van der Waals surface area contributed by atoms with Crippen LogP contribution in [-0.4, -0.2) is 32.8 Å². The van der Waals surface area contributed by atoms with E-state index in [2.05, 4.69) is 46.8 Å². The summed E-state index contributed by atoms with van der Waals surface area (Å²) in [6, 6.07) is 0.433. The molecule has 2 aliphatic rings. The van der Waals surface area contributed by atoms with E-state index in [1.54, 1.807) is 6.33 Å². The van der Waals surface area contributed by atoms with E-state index in [4.69, 9.17) is 0 Å². The number of rotatable bonds is 2. The van der Waals surface area contributed by atoms with Crippen LogP contribution >= 0.6 is 15.9 Å². The highest BCUT2D eigenvalue weighted by Gasteiger charge is 2.28. The van der Waals surface area contributed by atoms with Gasteiger partial charge in [-0.2, -0.15) is 5.10 Å². The van der Waals surface area contributed by atoms with Crippen molar-refractivity contribution < 1.29 is 0 Å². The summed E-state index contributed by atoms with van der Waals surface area (Å²) in [5, 5.41) is 4.44. The minimum absolute atomic E-state index is 0.433. The summed E-state index contributed by atoms with van der Waals surface area (Å²) in [5.41, 5.74) is 2.66. The second-order valence-corrected chi connectivity index (χ2v) is 7.13. The molecule has 2 aromatic rings. The van der Waals surface area contributed by atoms with Gasteiger partial charge in [-0.15, -0.1) is 0 Å². The molecular weight excluding hydrogens is 342 g/mol. The van der Waals surface area contributed by atoms with Gasteiger partial charge in [-0.25, -0.2) is 9.97 Å². The summed E-state index contributed by atoms with van der Waals surface area (Å²) in [5.74, 6) is 1.17. The predicted octanol–water partition coefficient (Wildman–Crippen LogP) is 3.16. The van der Waals surface area contributed by atoms with Gasteiger partial charge >= 0.3 is 0 Å². The third-order valence-corrected chi connectivity index (χ3v) is 5.17. The molecule has 1 saturated heterocycles. The van der Waals surface area contributed by atoms with Gasteiger partial charge in [0.15, 0.2) is 0 Å². The fraction of sp³-hybridized carbons (Fsp3) is 0.562. The Hall–Kier alpha value is -1.43. The Morgan fingerprint density at radius 3 is 2.91 bits per heavy atom. The van der Waals surface area contributed by atoms with Gasteiger partial charge in [0.2, 0.25) is 0 Å². The number of fused-ring (bicyclic) bond motifs is 1. The van der Waals surface area contributed by atoms with Crippen LogP contribution in [0.4, 0.5) is 5.82 Å². The van der Waals surface area contributed by atoms with E-state index in [0.29, 0.717) is 6.04 Å². The molecule has 1 unspecified atom stereocenters. The van der Waals surface area contributed by atoms with Crippen molar-refractivity contribution in [3.8, 4) is 0 Å². The highest BCUT2D eigenvalue weighted by atomic mass is 79.9. The smallest absolute Gasteiger partial charge is 0.135 e. The van der Waals surface area contributed by atoms with Gasteiger partial charge in [-0.1, -0.05) is 6.42 Å². The summed E-state index contributed by atoms with van der Waals surface area (Å²) in [4.78, 5) is 11.6. The first-order valence-electron chi connectivity index (χ1n) is 8.08. The van der Waals surface area contributed by atoms with Crippen molar-refractivity contribution in [2.45, 2.75) is 44.6 Å². The maximum atomic E-state index is 4.62. The van der Waals surface area contributed by atoms with Crippen LogP contribution in [0, 0.1) is 0 Å². The first kappa shape index (κ1) is 14.2. The van der Waals surface area contributed by atoms with Crippen molar-refractivity contribution in [1.82, 2.24) is 19.7 Å². The molecule has 4 rings (SSSR count). The first-order valence-corrected chi connectivity index (χ1v) is 8.88. The van der Waals surface area contributed by atoms with E-state index >= 15 is 0 Å². The lowest BCUT2D eigenvalue weighted by Crippen LogP contribution is -2.24. The van der Waals surface area contributed by atoms with Crippen molar-refractivity contribution >= 4 is 21.7 Å². The Bertz CT molecular complexity index is 668. The first-order chi connectivity index (χ1) is 10.8. The third-order valence-electron chi connectivity index (χ3n) is 4.76. The number of aromatic nitrogens is 4.